The van der Waals surface area contributed by atoms with Crippen LogP contribution in [0.3, 0.4) is 0 Å². The van der Waals surface area contributed by atoms with E-state index in [1.807, 2.05) is 7.05 Å². The first kappa shape index (κ1) is 11.5. The van der Waals surface area contributed by atoms with Crippen molar-refractivity contribution in [3.63, 3.8) is 0 Å². The molecule has 0 fully saturated rings. The number of nitrogens with one attached hydrogen (secondary N) is 1. The molecular weight excluding hydrogens is 201 g/mol. The molecule has 1 aromatic carbocycles. The van der Waals surface area contributed by atoms with Crippen molar-refractivity contribution in [2.45, 2.75) is 10.9 Å². The Labute approximate surface area is 87.5 Å². The van der Waals surface area contributed by atoms with E-state index >= 15 is 0 Å². The predicted molar refractivity (Wildman–Crippen MR) is 57.1 cm³/mol. The van der Waals surface area contributed by atoms with Crippen LogP contribution in [0.1, 0.15) is 0 Å². The first-order valence-electron chi connectivity index (χ1n) is 4.42. The third kappa shape index (κ3) is 3.65. The highest BCUT2D eigenvalue weighted by Crippen LogP contribution is 2.18. The van der Waals surface area contributed by atoms with E-state index in [9.17, 15) is 4.39 Å². The zero-order valence-electron chi connectivity index (χ0n) is 8.03. The molecule has 1 rings (SSSR count). The van der Waals surface area contributed by atoms with E-state index in [-0.39, 0.29) is 18.5 Å². The summed E-state index contributed by atoms with van der Waals surface area (Å²) in [4.78, 5) is 1.01. The van der Waals surface area contributed by atoms with Gasteiger partial charge < -0.3 is 10.4 Å². The monoisotopic (exact) mass is 215 g/mol. The van der Waals surface area contributed by atoms with Gasteiger partial charge in [0.25, 0.3) is 0 Å². The maximum atomic E-state index is 12.6. The lowest BCUT2D eigenvalue weighted by Gasteiger charge is -2.11. The van der Waals surface area contributed by atoms with Crippen molar-refractivity contribution in [3.05, 3.63) is 30.1 Å². The highest BCUT2D eigenvalue weighted by Gasteiger charge is 2.04. The average molecular weight is 215 g/mol. The quantitative estimate of drug-likeness (QED) is 0.730. The molecular formula is C10H14FNOS. The summed E-state index contributed by atoms with van der Waals surface area (Å²) in [7, 11) is 1.81. The topological polar surface area (TPSA) is 32.3 Å². The van der Waals surface area contributed by atoms with E-state index < -0.39 is 0 Å². The van der Waals surface area contributed by atoms with E-state index in [2.05, 4.69) is 5.32 Å². The number of rotatable bonds is 5. The van der Waals surface area contributed by atoms with Crippen LogP contribution in [-0.4, -0.2) is 30.6 Å². The molecule has 0 saturated heterocycles. The normalized spacial score (nSPS) is 12.8. The molecule has 0 aliphatic heterocycles. The largest absolute Gasteiger partial charge is 0.395 e. The minimum atomic E-state index is -0.221. The third-order valence-electron chi connectivity index (χ3n) is 1.89. The van der Waals surface area contributed by atoms with Crippen LogP contribution in [0.5, 0.6) is 0 Å². The highest BCUT2D eigenvalue weighted by atomic mass is 32.2. The van der Waals surface area contributed by atoms with Gasteiger partial charge in [0.2, 0.25) is 0 Å². The molecule has 0 heterocycles. The van der Waals surface area contributed by atoms with Crippen molar-refractivity contribution in [1.82, 2.24) is 5.32 Å². The van der Waals surface area contributed by atoms with Gasteiger partial charge in [0, 0.05) is 16.7 Å². The van der Waals surface area contributed by atoms with Crippen LogP contribution in [0.4, 0.5) is 4.39 Å². The summed E-state index contributed by atoms with van der Waals surface area (Å²) < 4.78 is 12.6. The zero-order valence-corrected chi connectivity index (χ0v) is 8.85. The van der Waals surface area contributed by atoms with E-state index in [0.717, 1.165) is 10.6 Å². The Hall–Kier alpha value is -0.580. The number of hydrogen-bond donors (Lipinski definition) is 2. The standard InChI is InChI=1S/C10H14FNOS/c1-12-9(6-13)7-14-10-4-2-8(11)3-5-10/h2-5,9,12-13H,6-7H2,1H3. The van der Waals surface area contributed by atoms with Crippen LogP contribution in [0, 0.1) is 5.82 Å². The second-order valence-electron chi connectivity index (χ2n) is 2.93. The zero-order chi connectivity index (χ0) is 10.4. The van der Waals surface area contributed by atoms with E-state index in [4.69, 9.17) is 5.11 Å². The van der Waals surface area contributed by atoms with Crippen LogP contribution in [0.25, 0.3) is 0 Å². The van der Waals surface area contributed by atoms with Gasteiger partial charge in [-0.25, -0.2) is 4.39 Å². The number of halogens is 1. The van der Waals surface area contributed by atoms with Crippen molar-refractivity contribution >= 4 is 11.8 Å². The summed E-state index contributed by atoms with van der Waals surface area (Å²) >= 11 is 1.60. The molecule has 78 valence electrons. The molecule has 0 bridgehead atoms. The van der Waals surface area contributed by atoms with Gasteiger partial charge in [0.1, 0.15) is 5.82 Å². The van der Waals surface area contributed by atoms with Crippen LogP contribution >= 0.6 is 11.8 Å². The summed E-state index contributed by atoms with van der Waals surface area (Å²) in [6.45, 7) is 0.116. The Balaban J connectivity index is 2.41. The Kier molecular flexibility index (Phi) is 4.93. The number of likely N-dealkylation sites (N-methyl/N-ethyl adjacent to an activating group) is 1. The number of hydrogen-bond acceptors (Lipinski definition) is 3. The van der Waals surface area contributed by atoms with E-state index in [1.54, 1.807) is 23.9 Å². The predicted octanol–water partition coefficient (Wildman–Crippen LogP) is 1.50. The highest BCUT2D eigenvalue weighted by molar-refractivity contribution is 7.99. The fourth-order valence-corrected chi connectivity index (χ4v) is 1.95. The van der Waals surface area contributed by atoms with Crippen molar-refractivity contribution < 1.29 is 9.50 Å². The fraction of sp³-hybridized carbons (Fsp3) is 0.400. The molecule has 1 unspecified atom stereocenters. The fourth-order valence-electron chi connectivity index (χ4n) is 0.955. The maximum absolute atomic E-state index is 12.6. The molecule has 0 saturated carbocycles. The summed E-state index contributed by atoms with van der Waals surface area (Å²) in [5.41, 5.74) is 0. The van der Waals surface area contributed by atoms with Crippen molar-refractivity contribution in [1.29, 1.82) is 0 Å². The number of aliphatic hydroxyl groups is 1. The van der Waals surface area contributed by atoms with Crippen LogP contribution < -0.4 is 5.32 Å². The summed E-state index contributed by atoms with van der Waals surface area (Å²) in [6, 6.07) is 6.45. The Bertz CT molecular complexity index is 261. The number of thioether (sulfide) groups is 1. The van der Waals surface area contributed by atoms with Crippen molar-refractivity contribution in [2.75, 3.05) is 19.4 Å². The summed E-state index contributed by atoms with van der Waals surface area (Å²) in [6.07, 6.45) is 0. The molecule has 1 aromatic rings. The van der Waals surface area contributed by atoms with Crippen LogP contribution in [0.15, 0.2) is 29.2 Å². The van der Waals surface area contributed by atoms with E-state index in [1.165, 1.54) is 12.1 Å². The lowest BCUT2D eigenvalue weighted by molar-refractivity contribution is 0.260. The van der Waals surface area contributed by atoms with E-state index in [0.29, 0.717) is 0 Å². The van der Waals surface area contributed by atoms with Gasteiger partial charge in [-0.1, -0.05) is 0 Å². The number of benzene rings is 1. The van der Waals surface area contributed by atoms with Crippen LogP contribution in [0.2, 0.25) is 0 Å². The SMILES string of the molecule is CNC(CO)CSc1ccc(F)cc1. The van der Waals surface area contributed by atoms with Gasteiger partial charge in [-0.3, -0.25) is 0 Å². The second-order valence-corrected chi connectivity index (χ2v) is 4.03. The van der Waals surface area contributed by atoms with Crippen molar-refractivity contribution in [2.24, 2.45) is 0 Å². The van der Waals surface area contributed by atoms with Gasteiger partial charge in [-0.2, -0.15) is 0 Å². The molecule has 2 N–H and O–H groups in total. The Morgan fingerprint density at radius 2 is 2.07 bits per heavy atom. The number of aliphatic hydroxyl groups excluding tert-OH is 1. The average Bonchev–Trinajstić information content (AvgIpc) is 2.22. The Morgan fingerprint density at radius 1 is 1.43 bits per heavy atom. The molecule has 0 radical (unpaired) electrons. The van der Waals surface area contributed by atoms with Crippen LogP contribution in [-0.2, 0) is 0 Å². The summed E-state index contributed by atoms with van der Waals surface area (Å²) in [5.74, 6) is 0.556. The maximum Gasteiger partial charge on any atom is 0.123 e. The van der Waals surface area contributed by atoms with Gasteiger partial charge in [-0.05, 0) is 31.3 Å². The molecule has 0 spiro atoms. The smallest absolute Gasteiger partial charge is 0.123 e. The van der Waals surface area contributed by atoms with Gasteiger partial charge >= 0.3 is 0 Å². The summed E-state index contributed by atoms with van der Waals surface area (Å²) in [5, 5.41) is 11.9. The second kappa shape index (κ2) is 6.01. The third-order valence-corrected chi connectivity index (χ3v) is 3.07. The van der Waals surface area contributed by atoms with Gasteiger partial charge in [0.15, 0.2) is 0 Å². The molecule has 2 nitrogen and oxygen atoms in total. The lowest BCUT2D eigenvalue weighted by Crippen LogP contribution is -2.31. The Morgan fingerprint density at radius 3 is 2.57 bits per heavy atom. The van der Waals surface area contributed by atoms with Gasteiger partial charge in [0.05, 0.1) is 6.61 Å². The van der Waals surface area contributed by atoms with Gasteiger partial charge in [-0.15, -0.1) is 11.8 Å². The lowest BCUT2D eigenvalue weighted by atomic mass is 10.3. The molecule has 14 heavy (non-hydrogen) atoms. The first-order chi connectivity index (χ1) is 6.76. The molecule has 1 atom stereocenters. The minimum absolute atomic E-state index is 0.0880. The first-order valence-corrected chi connectivity index (χ1v) is 5.41. The molecule has 0 aliphatic rings. The molecule has 0 amide bonds. The van der Waals surface area contributed by atoms with Crippen molar-refractivity contribution in [3.8, 4) is 0 Å². The molecule has 4 heteroatoms. The minimum Gasteiger partial charge on any atom is -0.395 e. The molecule has 0 aromatic heterocycles. The molecule has 0 aliphatic carbocycles.